The van der Waals surface area contributed by atoms with Crippen LogP contribution in [0.4, 0.5) is 0 Å². The molecule has 3 rings (SSSR count). The van der Waals surface area contributed by atoms with Crippen molar-refractivity contribution in [3.05, 3.63) is 18.0 Å². The number of morpholine rings is 1. The molecule has 0 radical (unpaired) electrons. The lowest BCUT2D eigenvalue weighted by Crippen LogP contribution is -2.45. The molecule has 3 heterocycles. The number of hydrogen-bond donors (Lipinski definition) is 0. The Morgan fingerprint density at radius 1 is 1.45 bits per heavy atom. The van der Waals surface area contributed by atoms with E-state index in [2.05, 4.69) is 10.1 Å². The second kappa shape index (κ2) is 5.60. The minimum absolute atomic E-state index is 0.0413. The minimum atomic E-state index is -3.55. The van der Waals surface area contributed by atoms with Crippen LogP contribution < -0.4 is 0 Å². The monoisotopic (exact) mass is 324 g/mol. The average Bonchev–Trinajstić information content (AvgIpc) is 2.81. The predicted octanol–water partition coefficient (Wildman–Crippen LogP) is 1.08. The highest BCUT2D eigenvalue weighted by Gasteiger charge is 2.30. The van der Waals surface area contributed by atoms with Crippen LogP contribution in [0.3, 0.4) is 0 Å². The molecule has 0 saturated carbocycles. The second-order valence-corrected chi connectivity index (χ2v) is 7.45. The topological polar surface area (TPSA) is 77.3 Å². The molecule has 0 aromatic carbocycles. The molecule has 22 heavy (non-hydrogen) atoms. The van der Waals surface area contributed by atoms with E-state index < -0.39 is 10.0 Å². The molecular weight excluding hydrogens is 304 g/mol. The van der Waals surface area contributed by atoms with Gasteiger partial charge in [0.15, 0.2) is 5.65 Å². The Balaban J connectivity index is 2.00. The zero-order valence-electron chi connectivity index (χ0n) is 13.0. The van der Waals surface area contributed by atoms with Crippen molar-refractivity contribution < 1.29 is 13.2 Å². The summed E-state index contributed by atoms with van der Waals surface area (Å²) in [4.78, 5) is 4.48. The van der Waals surface area contributed by atoms with Crippen LogP contribution in [0.15, 0.2) is 17.2 Å². The SMILES string of the molecule is CC[C@@H]1CN(S(=O)(=O)c2cnc3c(c2)c(C)nn3C)CCO1. The first-order valence-electron chi connectivity index (χ1n) is 7.34. The molecule has 0 aliphatic carbocycles. The third kappa shape index (κ3) is 2.51. The van der Waals surface area contributed by atoms with Crippen molar-refractivity contribution in [2.75, 3.05) is 19.7 Å². The number of aryl methyl sites for hydroxylation is 2. The van der Waals surface area contributed by atoms with Crippen LogP contribution in [0.5, 0.6) is 0 Å². The van der Waals surface area contributed by atoms with E-state index in [9.17, 15) is 8.42 Å². The Bertz CT molecular complexity index is 800. The van der Waals surface area contributed by atoms with Crippen LogP contribution in [0.2, 0.25) is 0 Å². The second-order valence-electron chi connectivity index (χ2n) is 5.52. The standard InChI is InChI=1S/C14H20N4O3S/c1-4-11-9-18(5-6-21-11)22(19,20)12-7-13-10(2)16-17(3)14(13)15-8-12/h7-8,11H,4-6,9H2,1-3H3/t11-/m1/s1. The van der Waals surface area contributed by atoms with Crippen molar-refractivity contribution in [1.82, 2.24) is 19.1 Å². The Labute approximate surface area is 129 Å². The largest absolute Gasteiger partial charge is 0.375 e. The van der Waals surface area contributed by atoms with Gasteiger partial charge in [0.2, 0.25) is 10.0 Å². The Morgan fingerprint density at radius 3 is 2.95 bits per heavy atom. The van der Waals surface area contributed by atoms with Gasteiger partial charge in [-0.05, 0) is 19.4 Å². The van der Waals surface area contributed by atoms with Crippen molar-refractivity contribution in [2.24, 2.45) is 7.05 Å². The summed E-state index contributed by atoms with van der Waals surface area (Å²) in [6.07, 6.45) is 2.17. The maximum atomic E-state index is 12.8. The smallest absolute Gasteiger partial charge is 0.244 e. The summed E-state index contributed by atoms with van der Waals surface area (Å²) >= 11 is 0. The first-order chi connectivity index (χ1) is 10.4. The zero-order valence-corrected chi connectivity index (χ0v) is 13.8. The molecule has 7 nitrogen and oxygen atoms in total. The van der Waals surface area contributed by atoms with Crippen LogP contribution >= 0.6 is 0 Å². The number of pyridine rings is 1. The van der Waals surface area contributed by atoms with E-state index in [4.69, 9.17) is 4.74 Å². The van der Waals surface area contributed by atoms with Crippen molar-refractivity contribution >= 4 is 21.1 Å². The van der Waals surface area contributed by atoms with Crippen molar-refractivity contribution in [3.8, 4) is 0 Å². The number of fused-ring (bicyclic) bond motifs is 1. The Kier molecular flexibility index (Phi) is 3.92. The Hall–Kier alpha value is -1.51. The predicted molar refractivity (Wildman–Crippen MR) is 82.0 cm³/mol. The van der Waals surface area contributed by atoms with Gasteiger partial charge in [0.1, 0.15) is 4.90 Å². The molecule has 120 valence electrons. The average molecular weight is 324 g/mol. The molecule has 2 aromatic heterocycles. The van der Waals surface area contributed by atoms with Crippen molar-refractivity contribution in [1.29, 1.82) is 0 Å². The van der Waals surface area contributed by atoms with Crippen LogP contribution in [0.25, 0.3) is 11.0 Å². The van der Waals surface area contributed by atoms with Gasteiger partial charge in [-0.2, -0.15) is 9.40 Å². The van der Waals surface area contributed by atoms with Crippen LogP contribution in [0.1, 0.15) is 19.0 Å². The van der Waals surface area contributed by atoms with Gasteiger partial charge >= 0.3 is 0 Å². The van der Waals surface area contributed by atoms with Crippen LogP contribution in [-0.4, -0.2) is 53.3 Å². The highest BCUT2D eigenvalue weighted by molar-refractivity contribution is 7.89. The maximum Gasteiger partial charge on any atom is 0.244 e. The summed E-state index contributed by atoms with van der Waals surface area (Å²) in [6.45, 7) is 5.04. The lowest BCUT2D eigenvalue weighted by atomic mass is 10.2. The molecule has 1 aliphatic heterocycles. The van der Waals surface area contributed by atoms with Gasteiger partial charge in [-0.3, -0.25) is 4.68 Å². The van der Waals surface area contributed by atoms with Gasteiger partial charge in [-0.15, -0.1) is 0 Å². The molecular formula is C14H20N4O3S. The van der Waals surface area contributed by atoms with E-state index in [1.165, 1.54) is 10.5 Å². The first-order valence-corrected chi connectivity index (χ1v) is 8.78. The fourth-order valence-corrected chi connectivity index (χ4v) is 4.16. The number of hydrogen-bond acceptors (Lipinski definition) is 5. The summed E-state index contributed by atoms with van der Waals surface area (Å²) < 4.78 is 34.3. The zero-order chi connectivity index (χ0) is 15.9. The lowest BCUT2D eigenvalue weighted by molar-refractivity contribution is -0.00278. The fraction of sp³-hybridized carbons (Fsp3) is 0.571. The summed E-state index contributed by atoms with van der Waals surface area (Å²) in [6, 6.07) is 1.66. The molecule has 0 unspecified atom stereocenters. The van der Waals surface area contributed by atoms with Gasteiger partial charge in [-0.1, -0.05) is 6.92 Å². The van der Waals surface area contributed by atoms with E-state index in [1.54, 1.807) is 17.8 Å². The molecule has 0 bridgehead atoms. The number of sulfonamides is 1. The summed E-state index contributed by atoms with van der Waals surface area (Å²) in [7, 11) is -1.75. The molecule has 1 atom stereocenters. The van der Waals surface area contributed by atoms with E-state index in [0.717, 1.165) is 17.5 Å². The van der Waals surface area contributed by atoms with Crippen molar-refractivity contribution in [3.63, 3.8) is 0 Å². The summed E-state index contributed by atoms with van der Waals surface area (Å²) in [5.41, 5.74) is 1.46. The number of nitrogens with zero attached hydrogens (tertiary/aromatic N) is 4. The molecule has 0 N–H and O–H groups in total. The van der Waals surface area contributed by atoms with Gasteiger partial charge in [0.25, 0.3) is 0 Å². The van der Waals surface area contributed by atoms with E-state index in [-0.39, 0.29) is 11.0 Å². The fourth-order valence-electron chi connectivity index (χ4n) is 2.74. The van der Waals surface area contributed by atoms with Gasteiger partial charge in [0, 0.05) is 31.7 Å². The third-order valence-electron chi connectivity index (χ3n) is 4.03. The molecule has 1 fully saturated rings. The lowest BCUT2D eigenvalue weighted by Gasteiger charge is -2.31. The maximum absolute atomic E-state index is 12.8. The van der Waals surface area contributed by atoms with E-state index >= 15 is 0 Å². The molecule has 0 amide bonds. The molecule has 1 aliphatic rings. The molecule has 1 saturated heterocycles. The third-order valence-corrected chi connectivity index (χ3v) is 5.86. The molecule has 0 spiro atoms. The summed E-state index contributed by atoms with van der Waals surface area (Å²) in [5.74, 6) is 0. The number of aromatic nitrogens is 3. The van der Waals surface area contributed by atoms with Crippen LogP contribution in [-0.2, 0) is 21.8 Å². The van der Waals surface area contributed by atoms with Crippen molar-refractivity contribution in [2.45, 2.75) is 31.3 Å². The van der Waals surface area contributed by atoms with E-state index in [0.29, 0.717) is 25.3 Å². The normalized spacial score (nSPS) is 20.6. The van der Waals surface area contributed by atoms with Gasteiger partial charge in [0.05, 0.1) is 18.4 Å². The van der Waals surface area contributed by atoms with Gasteiger partial charge in [-0.25, -0.2) is 13.4 Å². The van der Waals surface area contributed by atoms with E-state index in [1.807, 2.05) is 13.8 Å². The summed E-state index contributed by atoms with van der Waals surface area (Å²) in [5, 5.41) is 5.04. The number of rotatable bonds is 3. The Morgan fingerprint density at radius 2 is 2.23 bits per heavy atom. The van der Waals surface area contributed by atoms with Crippen LogP contribution in [0, 0.1) is 6.92 Å². The number of ether oxygens (including phenoxy) is 1. The highest BCUT2D eigenvalue weighted by atomic mass is 32.2. The highest BCUT2D eigenvalue weighted by Crippen LogP contribution is 2.23. The quantitative estimate of drug-likeness (QED) is 0.844. The molecule has 2 aromatic rings. The van der Waals surface area contributed by atoms with Gasteiger partial charge < -0.3 is 4.74 Å². The first kappa shape index (κ1) is 15.4. The molecule has 8 heteroatoms. The minimum Gasteiger partial charge on any atom is -0.375 e.